The Labute approximate surface area is 165 Å². The van der Waals surface area contributed by atoms with E-state index in [-0.39, 0.29) is 11.3 Å². The highest BCUT2D eigenvalue weighted by molar-refractivity contribution is 7.19. The van der Waals surface area contributed by atoms with Crippen LogP contribution >= 0.6 is 11.3 Å². The molecule has 1 saturated heterocycles. The molecule has 27 heavy (non-hydrogen) atoms. The van der Waals surface area contributed by atoms with Crippen LogP contribution in [-0.4, -0.2) is 47.0 Å². The first-order chi connectivity index (χ1) is 12.7. The molecule has 6 heteroatoms. The largest absolute Gasteiger partial charge is 0.352 e. The predicted octanol–water partition coefficient (Wildman–Crippen LogP) is 3.78. The number of aromatic nitrogens is 2. The zero-order valence-electron chi connectivity index (χ0n) is 17.1. The van der Waals surface area contributed by atoms with Crippen LogP contribution in [0.3, 0.4) is 0 Å². The molecule has 146 valence electrons. The molecule has 5 nitrogen and oxygen atoms in total. The number of carbonyl (C=O) groups is 1. The Bertz CT molecular complexity index is 874. The maximum atomic E-state index is 11.7. The normalized spacial score (nSPS) is 20.9. The Hall–Kier alpha value is -1.69. The lowest BCUT2D eigenvalue weighted by molar-refractivity contribution is -0.129. The average molecular weight is 387 g/mol. The first-order valence-electron chi connectivity index (χ1n) is 10.1. The molecule has 1 atom stereocenters. The second kappa shape index (κ2) is 6.73. The highest BCUT2D eigenvalue weighted by atomic mass is 32.1. The fraction of sp³-hybridized carbons (Fsp3) is 0.667. The van der Waals surface area contributed by atoms with E-state index in [0.717, 1.165) is 55.0 Å². The van der Waals surface area contributed by atoms with Gasteiger partial charge in [0.25, 0.3) is 0 Å². The second-order valence-electron chi connectivity index (χ2n) is 9.15. The Morgan fingerprint density at radius 3 is 2.48 bits per heavy atom. The van der Waals surface area contributed by atoms with E-state index in [1.54, 1.807) is 6.92 Å². The molecule has 0 radical (unpaired) electrons. The summed E-state index contributed by atoms with van der Waals surface area (Å²) < 4.78 is 0. The minimum atomic E-state index is -0.0814. The summed E-state index contributed by atoms with van der Waals surface area (Å²) in [7, 11) is 0. The zero-order chi connectivity index (χ0) is 19.3. The van der Waals surface area contributed by atoms with Gasteiger partial charge in [-0.25, -0.2) is 9.97 Å². The van der Waals surface area contributed by atoms with E-state index in [1.807, 2.05) is 16.2 Å². The van der Waals surface area contributed by atoms with Crippen molar-refractivity contribution in [1.82, 2.24) is 14.9 Å². The Balaban J connectivity index is 1.81. The minimum absolute atomic E-state index is 0.0814. The first kappa shape index (κ1) is 18.7. The highest BCUT2D eigenvalue weighted by Crippen LogP contribution is 2.42. The first-order valence-corrected chi connectivity index (χ1v) is 10.9. The predicted molar refractivity (Wildman–Crippen MR) is 112 cm³/mol. The number of aryl methyl sites for hydroxylation is 1. The summed E-state index contributed by atoms with van der Waals surface area (Å²) in [6.07, 6.45) is 3.55. The molecular formula is C21H30N4OS. The van der Waals surface area contributed by atoms with Gasteiger partial charge in [0.1, 0.15) is 16.5 Å². The molecule has 1 amide bonds. The molecule has 1 fully saturated rings. The molecule has 0 spiro atoms. The number of hydrogen-bond acceptors (Lipinski definition) is 5. The third-order valence-corrected chi connectivity index (χ3v) is 6.98. The Morgan fingerprint density at radius 2 is 1.85 bits per heavy atom. The van der Waals surface area contributed by atoms with Gasteiger partial charge in [-0.3, -0.25) is 4.79 Å². The van der Waals surface area contributed by atoms with Crippen molar-refractivity contribution in [3.8, 4) is 0 Å². The van der Waals surface area contributed by atoms with Crippen LogP contribution in [-0.2, 0) is 23.1 Å². The number of carbonyl (C=O) groups excluding carboxylic acids is 1. The number of rotatable bonds is 1. The third kappa shape index (κ3) is 3.44. The van der Waals surface area contributed by atoms with E-state index in [2.05, 4.69) is 32.6 Å². The molecular weight excluding hydrogens is 356 g/mol. The topological polar surface area (TPSA) is 49.3 Å². The molecule has 0 aromatic carbocycles. The lowest BCUT2D eigenvalue weighted by Crippen LogP contribution is -2.48. The fourth-order valence-corrected chi connectivity index (χ4v) is 5.50. The Morgan fingerprint density at radius 1 is 1.15 bits per heavy atom. The van der Waals surface area contributed by atoms with Crippen molar-refractivity contribution >= 4 is 33.3 Å². The molecule has 1 aliphatic heterocycles. The number of nitrogens with zero attached hydrogens (tertiary/aromatic N) is 4. The van der Waals surface area contributed by atoms with Crippen LogP contribution in [0.5, 0.6) is 0 Å². The van der Waals surface area contributed by atoms with Crippen LogP contribution in [0, 0.1) is 5.92 Å². The van der Waals surface area contributed by atoms with Crippen LogP contribution in [0.4, 0.5) is 5.82 Å². The summed E-state index contributed by atoms with van der Waals surface area (Å²) in [5, 5.41) is 1.28. The maximum absolute atomic E-state index is 11.7. The summed E-state index contributed by atoms with van der Waals surface area (Å²) >= 11 is 1.88. The smallest absolute Gasteiger partial charge is 0.219 e. The number of fused-ring (bicyclic) bond motifs is 3. The van der Waals surface area contributed by atoms with Gasteiger partial charge in [-0.1, -0.05) is 27.7 Å². The fourth-order valence-electron chi connectivity index (χ4n) is 4.12. The van der Waals surface area contributed by atoms with E-state index < -0.39 is 0 Å². The number of anilines is 1. The van der Waals surface area contributed by atoms with E-state index >= 15 is 0 Å². The summed E-state index contributed by atoms with van der Waals surface area (Å²) in [4.78, 5) is 28.8. The molecule has 4 rings (SSSR count). The monoisotopic (exact) mass is 386 g/mol. The van der Waals surface area contributed by atoms with Gasteiger partial charge in [-0.2, -0.15) is 0 Å². The highest BCUT2D eigenvalue weighted by Gasteiger charge is 2.29. The number of hydrogen-bond donors (Lipinski definition) is 0. The molecule has 2 aromatic heterocycles. The van der Waals surface area contributed by atoms with Gasteiger partial charge >= 0.3 is 0 Å². The summed E-state index contributed by atoms with van der Waals surface area (Å²) in [6, 6.07) is 0. The zero-order valence-corrected chi connectivity index (χ0v) is 17.9. The number of thiophene rings is 1. The van der Waals surface area contributed by atoms with Gasteiger partial charge in [0.15, 0.2) is 0 Å². The Kier molecular flexibility index (Phi) is 4.65. The van der Waals surface area contributed by atoms with Crippen molar-refractivity contribution in [2.75, 3.05) is 31.1 Å². The van der Waals surface area contributed by atoms with E-state index in [1.165, 1.54) is 28.7 Å². The molecule has 1 aliphatic carbocycles. The molecule has 2 aromatic rings. The molecule has 0 bridgehead atoms. The van der Waals surface area contributed by atoms with Crippen LogP contribution in [0.2, 0.25) is 0 Å². The standard InChI is InChI=1S/C21H30N4OS/c1-13-6-7-15-16(12-13)27-19-17(15)18(22-20(23-19)21(3,4)5)25-10-8-24(9-11-25)14(2)26/h13H,6-12H2,1-5H3/t13-/m0/s1. The van der Waals surface area contributed by atoms with Crippen molar-refractivity contribution in [3.05, 3.63) is 16.3 Å². The molecule has 0 N–H and O–H groups in total. The van der Waals surface area contributed by atoms with Crippen molar-refractivity contribution < 1.29 is 4.79 Å². The van der Waals surface area contributed by atoms with Gasteiger partial charge in [-0.15, -0.1) is 11.3 Å². The SMILES string of the molecule is CC(=O)N1CCN(c2nc(C(C)(C)C)nc3sc4c(c23)CC[C@H](C)C4)CC1. The molecule has 0 unspecified atom stereocenters. The van der Waals surface area contributed by atoms with Crippen molar-refractivity contribution in [1.29, 1.82) is 0 Å². The number of piperazine rings is 1. The lowest BCUT2D eigenvalue weighted by Gasteiger charge is -2.36. The van der Waals surface area contributed by atoms with Crippen molar-refractivity contribution in [2.45, 2.75) is 59.3 Å². The van der Waals surface area contributed by atoms with E-state index in [4.69, 9.17) is 9.97 Å². The van der Waals surface area contributed by atoms with Crippen molar-refractivity contribution in [3.63, 3.8) is 0 Å². The second-order valence-corrected chi connectivity index (χ2v) is 10.2. The van der Waals surface area contributed by atoms with Crippen LogP contribution in [0.25, 0.3) is 10.2 Å². The summed E-state index contributed by atoms with van der Waals surface area (Å²) in [5.74, 6) is 2.94. The average Bonchev–Trinajstić information content (AvgIpc) is 2.97. The lowest BCUT2D eigenvalue weighted by atomic mass is 9.89. The van der Waals surface area contributed by atoms with Gasteiger partial charge in [-0.05, 0) is 30.7 Å². The third-order valence-electron chi connectivity index (χ3n) is 5.83. The van der Waals surface area contributed by atoms with E-state index in [9.17, 15) is 4.79 Å². The number of amides is 1. The summed E-state index contributed by atoms with van der Waals surface area (Å²) in [6.45, 7) is 13.8. The van der Waals surface area contributed by atoms with Gasteiger partial charge in [0.2, 0.25) is 5.91 Å². The van der Waals surface area contributed by atoms with E-state index in [0.29, 0.717) is 0 Å². The maximum Gasteiger partial charge on any atom is 0.219 e. The van der Waals surface area contributed by atoms with Gasteiger partial charge in [0.05, 0.1) is 5.39 Å². The minimum Gasteiger partial charge on any atom is -0.352 e. The van der Waals surface area contributed by atoms with Crippen LogP contribution < -0.4 is 4.90 Å². The molecule has 2 aliphatic rings. The van der Waals surface area contributed by atoms with Gasteiger partial charge < -0.3 is 9.80 Å². The van der Waals surface area contributed by atoms with Crippen molar-refractivity contribution in [2.24, 2.45) is 5.92 Å². The van der Waals surface area contributed by atoms with Crippen LogP contribution in [0.15, 0.2) is 0 Å². The summed E-state index contributed by atoms with van der Waals surface area (Å²) in [5.41, 5.74) is 1.40. The van der Waals surface area contributed by atoms with Crippen LogP contribution in [0.1, 0.15) is 57.3 Å². The molecule has 3 heterocycles. The quantitative estimate of drug-likeness (QED) is 0.748. The molecule has 0 saturated carbocycles. The van der Waals surface area contributed by atoms with Gasteiger partial charge in [0, 0.05) is 43.4 Å².